The Labute approximate surface area is 146 Å². The van der Waals surface area contributed by atoms with Crippen LogP contribution in [0.15, 0.2) is 42.5 Å². The predicted molar refractivity (Wildman–Crippen MR) is 94.6 cm³/mol. The Morgan fingerprint density at radius 1 is 1.12 bits per heavy atom. The van der Waals surface area contributed by atoms with Crippen molar-refractivity contribution >= 4 is 17.5 Å². The normalized spacial score (nSPS) is 11.5. The summed E-state index contributed by atoms with van der Waals surface area (Å²) < 4.78 is 18.6. The Morgan fingerprint density at radius 3 is 2.52 bits per heavy atom. The molecule has 5 nitrogen and oxygen atoms in total. The Morgan fingerprint density at radius 2 is 1.84 bits per heavy atom. The second kappa shape index (κ2) is 8.28. The number of rotatable bonds is 6. The Bertz CT molecular complexity index is 777. The van der Waals surface area contributed by atoms with Gasteiger partial charge in [-0.1, -0.05) is 19.1 Å². The fourth-order valence-corrected chi connectivity index (χ4v) is 2.24. The molecule has 0 aliphatic rings. The minimum atomic E-state index is -0.555. The number of carbonyl (C=O) groups is 2. The molecule has 0 radical (unpaired) electrons. The first kappa shape index (κ1) is 18.4. The molecule has 0 bridgehead atoms. The van der Waals surface area contributed by atoms with Gasteiger partial charge in [0.15, 0.2) is 0 Å². The van der Waals surface area contributed by atoms with Crippen LogP contribution in [0.1, 0.15) is 41.0 Å². The number of hydrogen-bond donors (Lipinski definition) is 2. The molecule has 6 heteroatoms. The van der Waals surface area contributed by atoms with Crippen LogP contribution >= 0.6 is 0 Å². The first-order chi connectivity index (χ1) is 12.0. The fraction of sp³-hybridized carbons (Fsp3) is 0.263. The lowest BCUT2D eigenvalue weighted by atomic mass is 10.1. The van der Waals surface area contributed by atoms with Crippen LogP contribution in [0, 0.1) is 5.82 Å². The van der Waals surface area contributed by atoms with Crippen LogP contribution < -0.4 is 15.4 Å². The van der Waals surface area contributed by atoms with Crippen molar-refractivity contribution < 1.29 is 18.7 Å². The fourth-order valence-electron chi connectivity index (χ4n) is 2.24. The lowest BCUT2D eigenvalue weighted by molar-refractivity contribution is 0.0940. The molecule has 132 valence electrons. The summed E-state index contributed by atoms with van der Waals surface area (Å²) >= 11 is 0. The average molecular weight is 344 g/mol. The van der Waals surface area contributed by atoms with Crippen molar-refractivity contribution in [2.75, 3.05) is 12.4 Å². The van der Waals surface area contributed by atoms with Gasteiger partial charge in [-0.05, 0) is 43.7 Å². The molecule has 25 heavy (non-hydrogen) atoms. The molecular formula is C19H21FN2O3. The molecule has 0 aliphatic carbocycles. The minimum absolute atomic E-state index is 0.0135. The van der Waals surface area contributed by atoms with Gasteiger partial charge >= 0.3 is 0 Å². The second-order valence-electron chi connectivity index (χ2n) is 5.63. The summed E-state index contributed by atoms with van der Waals surface area (Å²) in [5.41, 5.74) is 0.741. The van der Waals surface area contributed by atoms with Crippen molar-refractivity contribution in [3.05, 3.63) is 59.4 Å². The number of hydrogen-bond acceptors (Lipinski definition) is 3. The summed E-state index contributed by atoms with van der Waals surface area (Å²) in [6, 6.07) is 10.4. The van der Waals surface area contributed by atoms with Crippen LogP contribution in [0.3, 0.4) is 0 Å². The van der Waals surface area contributed by atoms with E-state index in [9.17, 15) is 14.0 Å². The molecule has 0 heterocycles. The summed E-state index contributed by atoms with van der Waals surface area (Å²) in [4.78, 5) is 24.9. The second-order valence-corrected chi connectivity index (χ2v) is 5.63. The molecule has 2 aromatic carbocycles. The van der Waals surface area contributed by atoms with Gasteiger partial charge in [-0.15, -0.1) is 0 Å². The third-order valence-electron chi connectivity index (χ3n) is 3.82. The molecule has 0 fully saturated rings. The molecule has 2 N–H and O–H groups in total. The van der Waals surface area contributed by atoms with Gasteiger partial charge in [-0.25, -0.2) is 4.39 Å². The number of ether oxygens (including phenoxy) is 1. The van der Waals surface area contributed by atoms with E-state index in [0.717, 1.165) is 12.5 Å². The van der Waals surface area contributed by atoms with Crippen molar-refractivity contribution in [2.24, 2.45) is 0 Å². The average Bonchev–Trinajstić information content (AvgIpc) is 2.61. The van der Waals surface area contributed by atoms with Gasteiger partial charge in [0, 0.05) is 6.04 Å². The summed E-state index contributed by atoms with van der Waals surface area (Å²) in [6.45, 7) is 3.87. The van der Waals surface area contributed by atoms with Crippen LogP contribution in [0.5, 0.6) is 5.75 Å². The lowest BCUT2D eigenvalue weighted by Crippen LogP contribution is -2.32. The number of amides is 2. The molecular weight excluding hydrogens is 323 g/mol. The number of benzene rings is 2. The van der Waals surface area contributed by atoms with Crippen LogP contribution in [0.2, 0.25) is 0 Å². The summed E-state index contributed by atoms with van der Waals surface area (Å²) in [7, 11) is 1.40. The van der Waals surface area contributed by atoms with Gasteiger partial charge in [0.2, 0.25) is 0 Å². The van der Waals surface area contributed by atoms with E-state index in [4.69, 9.17) is 4.74 Å². The lowest BCUT2D eigenvalue weighted by Gasteiger charge is -2.15. The summed E-state index contributed by atoms with van der Waals surface area (Å²) in [6.07, 6.45) is 0.792. The molecule has 1 atom stereocenters. The van der Waals surface area contributed by atoms with Gasteiger partial charge in [0.05, 0.1) is 23.9 Å². The number of halogens is 1. The topological polar surface area (TPSA) is 67.4 Å². The maximum absolute atomic E-state index is 13.5. The molecule has 2 rings (SSSR count). The number of carbonyl (C=O) groups excluding carboxylic acids is 2. The van der Waals surface area contributed by atoms with E-state index in [2.05, 4.69) is 10.6 Å². The zero-order chi connectivity index (χ0) is 18.4. The van der Waals surface area contributed by atoms with E-state index < -0.39 is 11.7 Å². The largest absolute Gasteiger partial charge is 0.496 e. The highest BCUT2D eigenvalue weighted by Gasteiger charge is 2.18. The highest BCUT2D eigenvalue weighted by Crippen LogP contribution is 2.22. The third-order valence-corrected chi connectivity index (χ3v) is 3.82. The van der Waals surface area contributed by atoms with Crippen molar-refractivity contribution in [3.8, 4) is 5.75 Å². The van der Waals surface area contributed by atoms with E-state index in [-0.39, 0.29) is 23.3 Å². The van der Waals surface area contributed by atoms with Gasteiger partial charge in [0.1, 0.15) is 11.6 Å². The molecule has 0 saturated heterocycles. The van der Waals surface area contributed by atoms with E-state index >= 15 is 0 Å². The first-order valence-corrected chi connectivity index (χ1v) is 8.01. The Balaban J connectivity index is 2.28. The first-order valence-electron chi connectivity index (χ1n) is 8.01. The van der Waals surface area contributed by atoms with Crippen molar-refractivity contribution in [1.82, 2.24) is 5.32 Å². The van der Waals surface area contributed by atoms with Gasteiger partial charge in [-0.3, -0.25) is 9.59 Å². The number of methoxy groups -OCH3 is 1. The van der Waals surface area contributed by atoms with Crippen LogP contribution in [0.4, 0.5) is 10.1 Å². The maximum atomic E-state index is 13.5. The molecule has 1 unspecified atom stereocenters. The van der Waals surface area contributed by atoms with Crippen LogP contribution in [-0.4, -0.2) is 25.0 Å². The van der Waals surface area contributed by atoms with Crippen molar-refractivity contribution in [2.45, 2.75) is 26.3 Å². The molecule has 2 aromatic rings. The Hall–Kier alpha value is -2.89. The summed E-state index contributed by atoms with van der Waals surface area (Å²) in [5.74, 6) is -1.13. The Kier molecular flexibility index (Phi) is 6.11. The van der Waals surface area contributed by atoms with Gasteiger partial charge < -0.3 is 15.4 Å². The van der Waals surface area contributed by atoms with E-state index in [1.165, 1.54) is 19.2 Å². The highest BCUT2D eigenvalue weighted by atomic mass is 19.1. The SMILES string of the molecule is CCC(C)NC(=O)c1ccccc1NC(=O)c1cc(F)ccc1OC. The number of nitrogens with one attached hydrogen (secondary N) is 2. The zero-order valence-electron chi connectivity index (χ0n) is 14.4. The monoisotopic (exact) mass is 344 g/mol. The van der Waals surface area contributed by atoms with E-state index in [1.807, 2.05) is 13.8 Å². The molecule has 0 aliphatic heterocycles. The zero-order valence-corrected chi connectivity index (χ0v) is 14.4. The van der Waals surface area contributed by atoms with Crippen molar-refractivity contribution in [3.63, 3.8) is 0 Å². The predicted octanol–water partition coefficient (Wildman–Crippen LogP) is 3.61. The van der Waals surface area contributed by atoms with E-state index in [1.54, 1.807) is 24.3 Å². The van der Waals surface area contributed by atoms with Gasteiger partial charge in [-0.2, -0.15) is 0 Å². The summed E-state index contributed by atoms with van der Waals surface area (Å²) in [5, 5.41) is 5.51. The maximum Gasteiger partial charge on any atom is 0.259 e. The standard InChI is InChI=1S/C19H21FN2O3/c1-4-12(2)21-18(23)14-7-5-6-8-16(14)22-19(24)15-11-13(20)9-10-17(15)25-3/h5-12H,4H2,1-3H3,(H,21,23)(H,22,24). The third kappa shape index (κ3) is 4.56. The minimum Gasteiger partial charge on any atom is -0.496 e. The van der Waals surface area contributed by atoms with Crippen LogP contribution in [0.25, 0.3) is 0 Å². The highest BCUT2D eigenvalue weighted by molar-refractivity contribution is 6.10. The van der Waals surface area contributed by atoms with E-state index in [0.29, 0.717) is 11.3 Å². The number of anilines is 1. The molecule has 2 amide bonds. The molecule has 0 spiro atoms. The quantitative estimate of drug-likeness (QED) is 0.841. The molecule has 0 saturated carbocycles. The van der Waals surface area contributed by atoms with Gasteiger partial charge in [0.25, 0.3) is 11.8 Å². The van der Waals surface area contributed by atoms with Crippen LogP contribution in [-0.2, 0) is 0 Å². The smallest absolute Gasteiger partial charge is 0.259 e. The van der Waals surface area contributed by atoms with Crippen molar-refractivity contribution in [1.29, 1.82) is 0 Å². The molecule has 0 aromatic heterocycles. The number of para-hydroxylation sites is 1.